The van der Waals surface area contributed by atoms with E-state index in [4.69, 9.17) is 9.47 Å². The van der Waals surface area contributed by atoms with E-state index in [9.17, 15) is 14.7 Å². The van der Waals surface area contributed by atoms with Gasteiger partial charge in [-0.2, -0.15) is 0 Å². The van der Waals surface area contributed by atoms with E-state index >= 15 is 4.79 Å². The Hall–Kier alpha value is -5.95. The molecule has 1 spiro atoms. The van der Waals surface area contributed by atoms with E-state index in [0.29, 0.717) is 28.1 Å². The highest BCUT2D eigenvalue weighted by atomic mass is 16.6. The molecular weight excluding hydrogens is 691 g/mol. The maximum Gasteiger partial charge on any atom is 0.324 e. The fraction of sp³-hybridized carbons (Fsp3) is 0.283. The number of rotatable bonds is 9. The normalized spacial score (nSPS) is 25.4. The highest BCUT2D eigenvalue weighted by Gasteiger charge is 2.74. The Labute approximate surface area is 321 Å². The maximum atomic E-state index is 15.3. The van der Waals surface area contributed by atoms with Crippen molar-refractivity contribution >= 4 is 23.5 Å². The van der Waals surface area contributed by atoms with Gasteiger partial charge >= 0.3 is 5.97 Å². The number of anilines is 1. The van der Waals surface area contributed by atoms with E-state index in [1.165, 1.54) is 0 Å². The van der Waals surface area contributed by atoms with Crippen LogP contribution in [0.5, 0.6) is 5.75 Å². The van der Waals surface area contributed by atoms with Crippen molar-refractivity contribution in [2.45, 2.75) is 55.3 Å². The number of ether oxygens (including phenoxy) is 2. The van der Waals surface area contributed by atoms with Gasteiger partial charge in [0.1, 0.15) is 29.9 Å². The number of amides is 2. The van der Waals surface area contributed by atoms with Gasteiger partial charge in [-0.05, 0) is 72.2 Å². The predicted octanol–water partition coefficient (Wildman–Crippen LogP) is 6.48. The molecule has 6 atom stereocenters. The summed E-state index contributed by atoms with van der Waals surface area (Å²) in [6, 6.07) is 29.5. The second kappa shape index (κ2) is 15.4. The molecule has 0 radical (unpaired) electrons. The quantitative estimate of drug-likeness (QED) is 0.102. The second-order valence-electron chi connectivity index (χ2n) is 14.3. The summed E-state index contributed by atoms with van der Waals surface area (Å²) in [5.41, 5.74) is 3.40. The van der Waals surface area contributed by atoms with Crippen LogP contribution in [0.1, 0.15) is 71.7 Å². The van der Waals surface area contributed by atoms with Crippen molar-refractivity contribution in [1.82, 2.24) is 10.2 Å². The number of aliphatic hydroxyl groups is 1. The van der Waals surface area contributed by atoms with Gasteiger partial charge in [-0.3, -0.25) is 19.3 Å². The molecule has 4 aromatic carbocycles. The average molecular weight is 734 g/mol. The lowest BCUT2D eigenvalue weighted by Crippen LogP contribution is -2.54. The van der Waals surface area contributed by atoms with Crippen LogP contribution in [0.4, 0.5) is 5.69 Å². The summed E-state index contributed by atoms with van der Waals surface area (Å²) in [6.45, 7) is 3.70. The van der Waals surface area contributed by atoms with Gasteiger partial charge in [-0.15, -0.1) is 6.58 Å². The number of hydrogen-bond acceptors (Lipinski definition) is 7. The monoisotopic (exact) mass is 733 g/mol. The van der Waals surface area contributed by atoms with Crippen molar-refractivity contribution in [1.29, 1.82) is 0 Å². The predicted molar refractivity (Wildman–Crippen MR) is 209 cm³/mol. The van der Waals surface area contributed by atoms with Crippen LogP contribution in [0.2, 0.25) is 0 Å². The van der Waals surface area contributed by atoms with Gasteiger partial charge in [-0.1, -0.05) is 103 Å². The Bertz CT molecular complexity index is 2210. The van der Waals surface area contributed by atoms with Gasteiger partial charge in [0, 0.05) is 23.4 Å². The number of allylic oxidation sites excluding steroid dienone is 2. The highest BCUT2D eigenvalue weighted by Crippen LogP contribution is 2.65. The molecule has 2 amide bonds. The molecule has 1 aliphatic carbocycles. The van der Waals surface area contributed by atoms with Crippen LogP contribution in [-0.4, -0.2) is 53.6 Å². The number of cyclic esters (lactones) is 1. The van der Waals surface area contributed by atoms with Gasteiger partial charge in [0.05, 0.1) is 24.6 Å². The third-order valence-electron chi connectivity index (χ3n) is 11.2. The van der Waals surface area contributed by atoms with Crippen molar-refractivity contribution in [2.24, 2.45) is 5.92 Å². The van der Waals surface area contributed by atoms with Gasteiger partial charge in [0.25, 0.3) is 0 Å². The molecule has 4 aromatic rings. The molecule has 2 saturated heterocycles. The van der Waals surface area contributed by atoms with Crippen molar-refractivity contribution in [3.63, 3.8) is 0 Å². The summed E-state index contributed by atoms with van der Waals surface area (Å²) < 4.78 is 12.7. The van der Waals surface area contributed by atoms with E-state index < -0.39 is 53.3 Å². The molecule has 9 heteroatoms. The van der Waals surface area contributed by atoms with E-state index in [1.54, 1.807) is 12.1 Å². The molecule has 0 saturated carbocycles. The molecule has 3 N–H and O–H groups in total. The molecule has 0 bridgehead atoms. The summed E-state index contributed by atoms with van der Waals surface area (Å²) >= 11 is 0. The summed E-state index contributed by atoms with van der Waals surface area (Å²) in [5, 5.41) is 16.0. The molecular formula is C46H43N3O6. The third-order valence-corrected chi connectivity index (χ3v) is 11.2. The van der Waals surface area contributed by atoms with Crippen LogP contribution in [-0.2, 0) is 24.5 Å². The average Bonchev–Trinajstić information content (AvgIpc) is 3.70. The third kappa shape index (κ3) is 6.31. The van der Waals surface area contributed by atoms with Gasteiger partial charge in [0.2, 0.25) is 11.8 Å². The van der Waals surface area contributed by atoms with Gasteiger partial charge < -0.3 is 25.2 Å². The van der Waals surface area contributed by atoms with Crippen LogP contribution >= 0.6 is 0 Å². The molecule has 3 aliphatic heterocycles. The minimum absolute atomic E-state index is 0.00141. The lowest BCUT2D eigenvalue weighted by molar-refractivity contribution is -0.178. The van der Waals surface area contributed by atoms with Crippen molar-refractivity contribution in [2.75, 3.05) is 25.1 Å². The van der Waals surface area contributed by atoms with E-state index in [-0.39, 0.29) is 19.8 Å². The lowest BCUT2D eigenvalue weighted by Gasteiger charge is -2.46. The number of fused-ring (bicyclic) bond motifs is 3. The van der Waals surface area contributed by atoms with E-state index in [1.807, 2.05) is 102 Å². The molecule has 9 nitrogen and oxygen atoms in total. The van der Waals surface area contributed by atoms with Crippen LogP contribution < -0.4 is 15.4 Å². The Morgan fingerprint density at radius 2 is 1.71 bits per heavy atom. The van der Waals surface area contributed by atoms with Crippen molar-refractivity contribution in [3.05, 3.63) is 155 Å². The highest BCUT2D eigenvalue weighted by molar-refractivity contribution is 6.12. The van der Waals surface area contributed by atoms with Crippen LogP contribution in [0.3, 0.4) is 0 Å². The number of carbonyl (C=O) groups excluding carboxylic acids is 3. The van der Waals surface area contributed by atoms with E-state index in [0.717, 1.165) is 42.4 Å². The van der Waals surface area contributed by atoms with E-state index in [2.05, 4.69) is 35.1 Å². The summed E-state index contributed by atoms with van der Waals surface area (Å²) in [5.74, 6) is 4.34. The number of morpholine rings is 1. The number of nitrogens with one attached hydrogen (secondary N) is 2. The first-order chi connectivity index (χ1) is 27.0. The van der Waals surface area contributed by atoms with Gasteiger partial charge in [-0.25, -0.2) is 0 Å². The lowest BCUT2D eigenvalue weighted by atomic mass is 9.65. The topological polar surface area (TPSA) is 117 Å². The zero-order chi connectivity index (χ0) is 37.9. The zero-order valence-electron chi connectivity index (χ0n) is 30.4. The summed E-state index contributed by atoms with van der Waals surface area (Å²) in [6.07, 6.45) is 7.11. The standard InChI is InChI=1S/C46H43N3O6/c1-2-26-47-43(51)38-40-44(52)55-41(33-18-10-5-11-19-33)39(32-16-8-4-9-17-32)49(40)42(34-20-12-13-21-37(34)54-28-27-50)46(38)35-29-31(24-25-36(35)48-45(46)53)23-22-30-14-6-3-7-15-30/h2,4-5,8-14,16-21,24-25,29,38-42,50H,1,3,6-7,15,26-28H2,(H,47,51)(H,48,53)/t38-,39-,40-,41+,42+,46-/m0/s1. The molecule has 278 valence electrons. The molecule has 55 heavy (non-hydrogen) atoms. The first-order valence-corrected chi connectivity index (χ1v) is 18.9. The molecule has 4 aliphatic rings. The van der Waals surface area contributed by atoms with Crippen LogP contribution in [0.25, 0.3) is 0 Å². The van der Waals surface area contributed by atoms with Crippen LogP contribution in [0.15, 0.2) is 127 Å². The Kier molecular flexibility index (Phi) is 10.1. The number of benzene rings is 4. The number of nitrogens with zero attached hydrogens (tertiary/aromatic N) is 1. The fourth-order valence-electron chi connectivity index (χ4n) is 9.02. The smallest absolute Gasteiger partial charge is 0.324 e. The largest absolute Gasteiger partial charge is 0.491 e. The molecule has 3 heterocycles. The molecule has 8 rings (SSSR count). The maximum absolute atomic E-state index is 15.3. The fourth-order valence-corrected chi connectivity index (χ4v) is 9.02. The first-order valence-electron chi connectivity index (χ1n) is 18.9. The summed E-state index contributed by atoms with van der Waals surface area (Å²) in [7, 11) is 0. The first kappa shape index (κ1) is 36.0. The second-order valence-corrected chi connectivity index (χ2v) is 14.3. The van der Waals surface area contributed by atoms with Crippen LogP contribution in [0, 0.1) is 17.8 Å². The number of esters is 1. The minimum atomic E-state index is -1.68. The number of carbonyl (C=O) groups is 3. The Morgan fingerprint density at radius 1 is 0.964 bits per heavy atom. The SMILES string of the molecule is C=CCNC(=O)[C@@H]1[C@H]2C(=O)O[C@H](c3ccccc3)[C@H](c3ccccc3)N2[C@H](c2ccccc2OCCO)[C@@]12C(=O)Nc1ccc(C#CC3=CCCCC3)cc12. The molecule has 0 aromatic heterocycles. The summed E-state index contributed by atoms with van der Waals surface area (Å²) in [4.78, 5) is 47.1. The van der Waals surface area contributed by atoms with Crippen molar-refractivity contribution in [3.8, 4) is 17.6 Å². The zero-order valence-corrected chi connectivity index (χ0v) is 30.4. The minimum Gasteiger partial charge on any atom is -0.491 e. The number of para-hydroxylation sites is 1. The van der Waals surface area contributed by atoms with Gasteiger partial charge in [0.15, 0.2) is 0 Å². The Morgan fingerprint density at radius 3 is 2.44 bits per heavy atom. The number of hydrogen-bond donors (Lipinski definition) is 3. The van der Waals surface area contributed by atoms with Crippen molar-refractivity contribution < 1.29 is 29.0 Å². The number of aliphatic hydroxyl groups excluding tert-OH is 1. The molecule has 0 unspecified atom stereocenters. The Balaban J connectivity index is 1.43. The molecule has 2 fully saturated rings.